The second kappa shape index (κ2) is 13.9. The molecule has 2 N–H and O–H groups in total. The van der Waals surface area contributed by atoms with Crippen LogP contribution in [-0.2, 0) is 21.3 Å². The summed E-state index contributed by atoms with van der Waals surface area (Å²) in [6.45, 7) is 5.49. The van der Waals surface area contributed by atoms with Crippen molar-refractivity contribution < 1.29 is 36.2 Å². The van der Waals surface area contributed by atoms with Crippen molar-refractivity contribution in [3.05, 3.63) is 58.6 Å². The lowest BCUT2D eigenvalue weighted by Crippen LogP contribution is -2.34. The van der Waals surface area contributed by atoms with Crippen LogP contribution in [0, 0.1) is 27.7 Å². The van der Waals surface area contributed by atoms with Crippen molar-refractivity contribution in [2.45, 2.75) is 44.7 Å². The number of halogens is 2. The number of rotatable bonds is 12. The van der Waals surface area contributed by atoms with Gasteiger partial charge in [0.2, 0.25) is 5.13 Å². The number of ether oxygens (including phenoxy) is 3. The Balaban J connectivity index is 2.01. The summed E-state index contributed by atoms with van der Waals surface area (Å²) in [5, 5.41) is 14.1. The van der Waals surface area contributed by atoms with E-state index in [-0.39, 0.29) is 34.1 Å². The fraction of sp³-hybridized carbons (Fsp3) is 0.393. The van der Waals surface area contributed by atoms with E-state index >= 15 is 4.39 Å². The Morgan fingerprint density at radius 2 is 1.91 bits per heavy atom. The molecule has 1 aromatic heterocycles. The highest BCUT2D eigenvalue weighted by molar-refractivity contribution is 7.93. The Hall–Kier alpha value is -4.16. The molecule has 0 saturated carbocycles. The summed E-state index contributed by atoms with van der Waals surface area (Å²) in [5.41, 5.74) is -0.0427. The number of nitriles is 1. The first kappa shape index (κ1) is 33.3. The Morgan fingerprint density at radius 3 is 2.47 bits per heavy atom. The first-order valence-electron chi connectivity index (χ1n) is 12.9. The molecular weight excluding hydrogens is 604 g/mol. The number of methoxy groups -OCH3 is 2. The van der Waals surface area contributed by atoms with Crippen LogP contribution < -0.4 is 24.4 Å². The number of sulfonamides is 1. The maximum atomic E-state index is 15.6. The number of anilines is 2. The van der Waals surface area contributed by atoms with Crippen LogP contribution in [0.15, 0.2) is 41.4 Å². The largest absolute Gasteiger partial charge is 0.497 e. The molecule has 15 heteroatoms. The number of benzene rings is 2. The number of aromatic nitrogens is 1. The Labute approximate surface area is 253 Å². The zero-order chi connectivity index (χ0) is 31.9. The molecule has 0 spiro atoms. The third-order valence-electron chi connectivity index (χ3n) is 6.09. The van der Waals surface area contributed by atoms with Crippen molar-refractivity contribution in [1.82, 2.24) is 10.3 Å². The molecule has 232 valence electrons. The van der Waals surface area contributed by atoms with Crippen LogP contribution in [0.1, 0.15) is 38.3 Å². The van der Waals surface area contributed by atoms with Gasteiger partial charge >= 0.3 is 6.09 Å². The van der Waals surface area contributed by atoms with Crippen LogP contribution in [0.2, 0.25) is 0 Å². The van der Waals surface area contributed by atoms with Gasteiger partial charge in [-0.1, -0.05) is 32.1 Å². The van der Waals surface area contributed by atoms with Crippen molar-refractivity contribution in [3.8, 4) is 17.6 Å². The van der Waals surface area contributed by atoms with Crippen LogP contribution in [0.3, 0.4) is 0 Å². The van der Waals surface area contributed by atoms with E-state index in [2.05, 4.69) is 15.6 Å². The van der Waals surface area contributed by atoms with Gasteiger partial charge in [0.05, 0.1) is 44.8 Å². The molecule has 0 bridgehead atoms. The third kappa shape index (κ3) is 8.45. The number of hydrogen-bond acceptors (Lipinski definition) is 10. The van der Waals surface area contributed by atoms with Gasteiger partial charge in [-0.05, 0) is 36.1 Å². The lowest BCUT2D eigenvalue weighted by atomic mass is 9.89. The molecule has 2 aromatic carbocycles. The van der Waals surface area contributed by atoms with E-state index in [1.54, 1.807) is 12.1 Å². The predicted octanol–water partition coefficient (Wildman–Crippen LogP) is 5.28. The lowest BCUT2D eigenvalue weighted by Gasteiger charge is -2.26. The molecule has 0 aliphatic heterocycles. The quantitative estimate of drug-likeness (QED) is 0.271. The van der Waals surface area contributed by atoms with E-state index < -0.39 is 44.6 Å². The van der Waals surface area contributed by atoms with Crippen molar-refractivity contribution in [1.29, 1.82) is 5.26 Å². The van der Waals surface area contributed by atoms with Gasteiger partial charge in [-0.25, -0.2) is 26.9 Å². The number of alkyl carbamates (subject to hydrolysis) is 1. The van der Waals surface area contributed by atoms with E-state index in [1.807, 2.05) is 26.8 Å². The van der Waals surface area contributed by atoms with Gasteiger partial charge < -0.3 is 24.8 Å². The summed E-state index contributed by atoms with van der Waals surface area (Å²) < 4.78 is 74.2. The molecule has 0 radical (unpaired) electrons. The van der Waals surface area contributed by atoms with E-state index in [1.165, 1.54) is 27.3 Å². The fourth-order valence-corrected chi connectivity index (χ4v) is 6.46. The van der Waals surface area contributed by atoms with Gasteiger partial charge in [-0.2, -0.15) is 9.65 Å². The molecule has 3 rings (SSSR count). The molecule has 0 aliphatic rings. The lowest BCUT2D eigenvalue weighted by molar-refractivity contribution is 0.0806. The molecule has 3 aromatic rings. The van der Waals surface area contributed by atoms with E-state index in [9.17, 15) is 22.9 Å². The molecule has 11 nitrogen and oxygen atoms in total. The number of hydrogen-bond donors (Lipinski definition) is 2. The fourth-order valence-electron chi connectivity index (χ4n) is 4.13. The maximum absolute atomic E-state index is 15.6. The summed E-state index contributed by atoms with van der Waals surface area (Å²) in [6, 6.07) is 8.35. The molecule has 0 saturated heterocycles. The monoisotopic (exact) mass is 637 g/mol. The molecule has 0 unspecified atom stereocenters. The number of amides is 1. The van der Waals surface area contributed by atoms with Crippen molar-refractivity contribution in [2.24, 2.45) is 5.41 Å². The van der Waals surface area contributed by atoms with Gasteiger partial charge in [0.1, 0.15) is 34.4 Å². The predicted molar refractivity (Wildman–Crippen MR) is 158 cm³/mol. The zero-order valence-corrected chi connectivity index (χ0v) is 26.2. The molecule has 1 amide bonds. The minimum Gasteiger partial charge on any atom is -0.497 e. The van der Waals surface area contributed by atoms with Crippen LogP contribution in [-0.4, -0.2) is 53.4 Å². The normalized spacial score (nSPS) is 12.2. The first-order valence-corrected chi connectivity index (χ1v) is 15.2. The second-order valence-electron chi connectivity index (χ2n) is 10.5. The highest BCUT2D eigenvalue weighted by Gasteiger charge is 2.33. The van der Waals surface area contributed by atoms with Crippen molar-refractivity contribution in [3.63, 3.8) is 0 Å². The summed E-state index contributed by atoms with van der Waals surface area (Å²) in [5.74, 6) is -0.434. The van der Waals surface area contributed by atoms with Gasteiger partial charge in [0, 0.05) is 18.7 Å². The van der Waals surface area contributed by atoms with E-state index in [0.717, 1.165) is 22.6 Å². The van der Waals surface area contributed by atoms with Gasteiger partial charge in [-0.3, -0.25) is 0 Å². The Bertz CT molecular complexity index is 1600. The first-order chi connectivity index (χ1) is 20.2. The minimum atomic E-state index is -4.74. The number of nitrogens with one attached hydrogen (secondary N) is 2. The molecule has 1 heterocycles. The number of thiazole rings is 1. The average Bonchev–Trinajstić information content (AvgIpc) is 3.38. The van der Waals surface area contributed by atoms with Gasteiger partial charge in [0.25, 0.3) is 10.0 Å². The van der Waals surface area contributed by atoms with Crippen molar-refractivity contribution in [2.75, 3.05) is 37.4 Å². The third-order valence-corrected chi connectivity index (χ3v) is 8.76. The maximum Gasteiger partial charge on any atom is 0.407 e. The van der Waals surface area contributed by atoms with Crippen LogP contribution in [0.25, 0.3) is 0 Å². The Kier molecular flexibility index (Phi) is 10.8. The summed E-state index contributed by atoms with van der Waals surface area (Å²) in [6.07, 6.45) is -0.00497. The van der Waals surface area contributed by atoms with E-state index in [0.29, 0.717) is 29.1 Å². The summed E-state index contributed by atoms with van der Waals surface area (Å²) in [4.78, 5) is 14.9. The topological polar surface area (TPSA) is 143 Å². The zero-order valence-electron chi connectivity index (χ0n) is 24.5. The molecule has 1 atom stereocenters. The molecule has 43 heavy (non-hydrogen) atoms. The van der Waals surface area contributed by atoms with Gasteiger partial charge in [-0.15, -0.1) is 0 Å². The molecule has 0 fully saturated rings. The van der Waals surface area contributed by atoms with Gasteiger partial charge in [0.15, 0.2) is 5.13 Å². The summed E-state index contributed by atoms with van der Waals surface area (Å²) in [7, 11) is -0.480. The van der Waals surface area contributed by atoms with Crippen LogP contribution in [0.4, 0.5) is 24.4 Å². The SMILES string of the molecule is CNC(=O)O[C@H](CNc1cc(F)c(S(=O)(=O)N(Cc2ccc(OC)cc2OC)c2ncc(F)s2)cc1C#N)CC(C)(C)C. The molecular formula is C28H33F2N5O6S2. The highest BCUT2D eigenvalue weighted by Crippen LogP contribution is 2.35. The van der Waals surface area contributed by atoms with Crippen LogP contribution >= 0.6 is 11.3 Å². The number of carbonyl (C=O) groups is 1. The smallest absolute Gasteiger partial charge is 0.407 e. The Morgan fingerprint density at radius 1 is 1.19 bits per heavy atom. The van der Waals surface area contributed by atoms with Crippen LogP contribution in [0.5, 0.6) is 11.5 Å². The second-order valence-corrected chi connectivity index (χ2v) is 13.3. The highest BCUT2D eigenvalue weighted by atomic mass is 32.2. The number of carbonyl (C=O) groups excluding carboxylic acids is 1. The average molecular weight is 638 g/mol. The summed E-state index contributed by atoms with van der Waals surface area (Å²) >= 11 is 0.456. The van der Waals surface area contributed by atoms with E-state index in [4.69, 9.17) is 14.2 Å². The molecule has 0 aliphatic carbocycles. The van der Waals surface area contributed by atoms with Crippen molar-refractivity contribution >= 4 is 38.3 Å². The minimum absolute atomic E-state index is 0.00188. The number of nitrogens with zero attached hydrogens (tertiary/aromatic N) is 3. The standard InChI is InChI=1S/C28H33F2N5O6S2/c1-28(2,3)12-20(41-27(36)32-4)14-33-22-11-21(29)24(9-18(22)13-31)43(37,38)35(26-34-15-25(30)42-26)16-17-7-8-19(39-5)10-23(17)40-6/h7-11,15,20,33H,12,14,16H2,1-6H3,(H,32,36)/t20-/m0/s1.